The number of hydrogen-bond acceptors (Lipinski definition) is 3. The molecule has 0 spiro atoms. The van der Waals surface area contributed by atoms with E-state index in [1.165, 1.54) is 28.9 Å². The lowest BCUT2D eigenvalue weighted by atomic mass is 9.80. The van der Waals surface area contributed by atoms with Gasteiger partial charge in [0, 0.05) is 43.5 Å². The number of nitrogens with one attached hydrogen (secondary N) is 2. The lowest BCUT2D eigenvalue weighted by Crippen LogP contribution is -2.41. The van der Waals surface area contributed by atoms with Gasteiger partial charge in [0.25, 0.3) is 0 Å². The van der Waals surface area contributed by atoms with E-state index in [4.69, 9.17) is 0 Å². The van der Waals surface area contributed by atoms with E-state index < -0.39 is 17.6 Å². The average Bonchev–Trinajstić information content (AvgIpc) is 3.11. The summed E-state index contributed by atoms with van der Waals surface area (Å²) in [5, 5.41) is 6.37. The lowest BCUT2D eigenvalue weighted by Gasteiger charge is -2.42. The molecule has 1 fully saturated rings. The van der Waals surface area contributed by atoms with E-state index in [1.54, 1.807) is 0 Å². The van der Waals surface area contributed by atoms with E-state index in [1.807, 2.05) is 12.1 Å². The second-order valence-electron chi connectivity index (χ2n) is 7.94. The maximum atomic E-state index is 14.5. The first kappa shape index (κ1) is 17.8. The van der Waals surface area contributed by atoms with E-state index in [-0.39, 0.29) is 5.69 Å². The van der Waals surface area contributed by atoms with Gasteiger partial charge in [-0.25, -0.2) is 4.39 Å². The van der Waals surface area contributed by atoms with Gasteiger partial charge in [-0.1, -0.05) is 6.07 Å². The zero-order valence-electron chi connectivity index (χ0n) is 15.2. The Balaban J connectivity index is 1.56. The minimum atomic E-state index is -4.72. The normalized spacial score (nSPS) is 23.4. The molecular weight excluding hydrogens is 370 g/mol. The first-order chi connectivity index (χ1) is 13.4. The molecule has 0 amide bonds. The summed E-state index contributed by atoms with van der Waals surface area (Å²) in [6, 6.07) is 7.31. The lowest BCUT2D eigenvalue weighted by molar-refractivity contribution is -0.139. The largest absolute Gasteiger partial charge is 0.419 e. The highest BCUT2D eigenvalue weighted by Gasteiger charge is 2.39. The summed E-state index contributed by atoms with van der Waals surface area (Å²) in [6.07, 6.45) is -2.73. The molecule has 0 unspecified atom stereocenters. The van der Waals surface area contributed by atoms with E-state index in [0.717, 1.165) is 45.1 Å². The van der Waals surface area contributed by atoms with Gasteiger partial charge >= 0.3 is 6.18 Å². The van der Waals surface area contributed by atoms with Crippen LogP contribution in [0.5, 0.6) is 0 Å². The van der Waals surface area contributed by atoms with Gasteiger partial charge < -0.3 is 15.5 Å². The molecule has 2 aromatic carbocycles. The highest BCUT2D eigenvalue weighted by molar-refractivity contribution is 5.73. The van der Waals surface area contributed by atoms with Crippen LogP contribution >= 0.6 is 0 Å². The van der Waals surface area contributed by atoms with E-state index in [2.05, 4.69) is 15.5 Å². The van der Waals surface area contributed by atoms with Crippen LogP contribution in [-0.2, 0) is 12.6 Å². The van der Waals surface area contributed by atoms with Crippen molar-refractivity contribution in [1.82, 2.24) is 5.32 Å². The number of benzene rings is 2. The standard InChI is InChI=1S/C21H21F4N3/c22-19-17(21(23,24)25)4-1-5-18(19)27-14-7-12-3-2-6-28-11-13-9-26-10-16(13)15(8-14)20(12)28/h1,4-5,7-8,13,16,26-27H,2-3,6,9-11H2/t13-,16-/m1/s1. The van der Waals surface area contributed by atoms with Gasteiger partial charge in [0.05, 0.1) is 11.3 Å². The smallest absolute Gasteiger partial charge is 0.371 e. The van der Waals surface area contributed by atoms with E-state index in [0.29, 0.717) is 17.5 Å². The molecule has 3 nitrogen and oxygen atoms in total. The summed E-state index contributed by atoms with van der Waals surface area (Å²) in [4.78, 5) is 2.44. The number of hydrogen-bond donors (Lipinski definition) is 2. The van der Waals surface area contributed by atoms with Crippen molar-refractivity contribution in [2.45, 2.75) is 24.9 Å². The highest BCUT2D eigenvalue weighted by atomic mass is 19.4. The summed E-state index contributed by atoms with van der Waals surface area (Å²) in [6.45, 7) is 3.98. The second-order valence-corrected chi connectivity index (χ2v) is 7.94. The van der Waals surface area contributed by atoms with Crippen LogP contribution in [0.15, 0.2) is 30.3 Å². The zero-order chi connectivity index (χ0) is 19.5. The number of rotatable bonds is 2. The van der Waals surface area contributed by atoms with Crippen molar-refractivity contribution in [2.75, 3.05) is 36.4 Å². The van der Waals surface area contributed by atoms with Gasteiger partial charge in [-0.15, -0.1) is 0 Å². The van der Waals surface area contributed by atoms with Gasteiger partial charge in [-0.05, 0) is 54.2 Å². The Bertz CT molecular complexity index is 925. The fraction of sp³-hybridized carbons (Fsp3) is 0.429. The Morgan fingerprint density at radius 2 is 2.00 bits per heavy atom. The molecule has 28 heavy (non-hydrogen) atoms. The first-order valence-electron chi connectivity index (χ1n) is 9.67. The monoisotopic (exact) mass is 391 g/mol. The maximum absolute atomic E-state index is 14.5. The molecular formula is C21H21F4N3. The molecule has 0 aromatic heterocycles. The Labute approximate surface area is 160 Å². The van der Waals surface area contributed by atoms with E-state index in [9.17, 15) is 17.6 Å². The van der Waals surface area contributed by atoms with Gasteiger partial charge in [-0.3, -0.25) is 0 Å². The van der Waals surface area contributed by atoms with Crippen molar-refractivity contribution in [3.8, 4) is 0 Å². The average molecular weight is 391 g/mol. The number of aryl methyl sites for hydroxylation is 1. The molecule has 2 N–H and O–H groups in total. The SMILES string of the molecule is Fc1c(Nc2cc3c4c(c2)[C@@H]2CNC[C@@H]2CN4CCC3)cccc1C(F)(F)F. The van der Waals surface area contributed by atoms with Crippen LogP contribution in [0.2, 0.25) is 0 Å². The van der Waals surface area contributed by atoms with Crippen LogP contribution in [0, 0.1) is 11.7 Å². The third-order valence-corrected chi connectivity index (χ3v) is 6.19. The summed E-state index contributed by atoms with van der Waals surface area (Å²) in [5.74, 6) is -0.321. The fourth-order valence-electron chi connectivity index (χ4n) is 4.98. The predicted octanol–water partition coefficient (Wildman–Crippen LogP) is 4.66. The molecule has 2 atom stereocenters. The Morgan fingerprint density at radius 1 is 1.14 bits per heavy atom. The molecule has 0 aliphatic carbocycles. The number of alkyl halides is 3. The molecule has 148 valence electrons. The molecule has 7 heteroatoms. The summed E-state index contributed by atoms with van der Waals surface area (Å²) >= 11 is 0. The maximum Gasteiger partial charge on any atom is 0.419 e. The second kappa shape index (κ2) is 6.37. The molecule has 3 heterocycles. The molecule has 1 saturated heterocycles. The zero-order valence-corrected chi connectivity index (χ0v) is 15.2. The summed E-state index contributed by atoms with van der Waals surface area (Å²) in [7, 11) is 0. The van der Waals surface area contributed by atoms with Crippen molar-refractivity contribution in [3.63, 3.8) is 0 Å². The Hall–Kier alpha value is -2.28. The van der Waals surface area contributed by atoms with Gasteiger partial charge in [0.1, 0.15) is 0 Å². The Morgan fingerprint density at radius 3 is 2.82 bits per heavy atom. The highest BCUT2D eigenvalue weighted by Crippen LogP contribution is 2.46. The van der Waals surface area contributed by atoms with Crippen molar-refractivity contribution >= 4 is 17.1 Å². The Kier molecular flexibility index (Phi) is 4.05. The van der Waals surface area contributed by atoms with Crippen LogP contribution in [0.1, 0.15) is 29.0 Å². The number of halogens is 4. The first-order valence-corrected chi connectivity index (χ1v) is 9.67. The molecule has 5 rings (SSSR count). The third-order valence-electron chi connectivity index (χ3n) is 6.19. The minimum absolute atomic E-state index is 0.147. The van der Waals surface area contributed by atoms with Crippen LogP contribution < -0.4 is 15.5 Å². The number of anilines is 3. The van der Waals surface area contributed by atoms with Gasteiger partial charge in [0.2, 0.25) is 0 Å². The van der Waals surface area contributed by atoms with Crippen molar-refractivity contribution in [1.29, 1.82) is 0 Å². The minimum Gasteiger partial charge on any atom is -0.371 e. The predicted molar refractivity (Wildman–Crippen MR) is 101 cm³/mol. The van der Waals surface area contributed by atoms with Crippen molar-refractivity contribution in [3.05, 3.63) is 52.8 Å². The topological polar surface area (TPSA) is 27.3 Å². The van der Waals surface area contributed by atoms with Crippen LogP contribution in [0.4, 0.5) is 34.6 Å². The van der Waals surface area contributed by atoms with E-state index >= 15 is 0 Å². The molecule has 0 radical (unpaired) electrons. The summed E-state index contributed by atoms with van der Waals surface area (Å²) < 4.78 is 53.5. The third kappa shape index (κ3) is 2.83. The van der Waals surface area contributed by atoms with Gasteiger partial charge in [0.15, 0.2) is 5.82 Å². The number of fused-ring (bicyclic) bond motifs is 2. The number of nitrogens with zero attached hydrogens (tertiary/aromatic N) is 1. The van der Waals surface area contributed by atoms with Crippen molar-refractivity contribution < 1.29 is 17.6 Å². The molecule has 2 aromatic rings. The van der Waals surface area contributed by atoms with Crippen LogP contribution in [0.3, 0.4) is 0 Å². The summed E-state index contributed by atoms with van der Waals surface area (Å²) in [5.41, 5.74) is 2.97. The molecule has 3 aliphatic heterocycles. The van der Waals surface area contributed by atoms with Gasteiger partial charge in [-0.2, -0.15) is 13.2 Å². The van der Waals surface area contributed by atoms with Crippen LogP contribution in [-0.4, -0.2) is 26.2 Å². The fourth-order valence-corrected chi connectivity index (χ4v) is 4.98. The van der Waals surface area contributed by atoms with Crippen molar-refractivity contribution in [2.24, 2.45) is 5.92 Å². The molecule has 0 bridgehead atoms. The quantitative estimate of drug-likeness (QED) is 0.730. The van der Waals surface area contributed by atoms with Crippen LogP contribution in [0.25, 0.3) is 0 Å². The molecule has 3 aliphatic rings. The molecule has 0 saturated carbocycles.